The van der Waals surface area contributed by atoms with Gasteiger partial charge in [0.1, 0.15) is 11.4 Å². The monoisotopic (exact) mass is 349 g/mol. The molecule has 2 heterocycles. The van der Waals surface area contributed by atoms with Gasteiger partial charge < -0.3 is 15.0 Å². The molecular formula is C19H28FN3O2. The fraction of sp³-hybridized carbons (Fsp3) is 0.632. The average molecular weight is 349 g/mol. The van der Waals surface area contributed by atoms with Crippen molar-refractivity contribution in [3.63, 3.8) is 0 Å². The molecule has 0 unspecified atom stereocenters. The van der Waals surface area contributed by atoms with Gasteiger partial charge in [0.2, 0.25) is 0 Å². The molecule has 2 aliphatic rings. The van der Waals surface area contributed by atoms with E-state index in [0.29, 0.717) is 0 Å². The molecular weight excluding hydrogens is 321 g/mol. The van der Waals surface area contributed by atoms with E-state index in [2.05, 4.69) is 10.2 Å². The zero-order chi connectivity index (χ0) is 17.7. The van der Waals surface area contributed by atoms with Gasteiger partial charge in [0.15, 0.2) is 0 Å². The number of carbonyl (C=O) groups is 1. The average Bonchev–Trinajstić information content (AvgIpc) is 2.89. The molecule has 6 heteroatoms. The third-order valence-corrected chi connectivity index (χ3v) is 5.39. The lowest BCUT2D eigenvalue weighted by Crippen LogP contribution is -2.55. The first-order valence-electron chi connectivity index (χ1n) is 9.15. The fourth-order valence-corrected chi connectivity index (χ4v) is 3.80. The van der Waals surface area contributed by atoms with Crippen LogP contribution in [0.1, 0.15) is 24.8 Å². The summed E-state index contributed by atoms with van der Waals surface area (Å²) in [5, 5.41) is 3.30. The molecule has 138 valence electrons. The van der Waals surface area contributed by atoms with Gasteiger partial charge in [-0.3, -0.25) is 9.69 Å². The van der Waals surface area contributed by atoms with E-state index in [0.717, 1.165) is 70.6 Å². The van der Waals surface area contributed by atoms with E-state index in [1.807, 2.05) is 17.0 Å². The smallest absolute Gasteiger partial charge is 0.254 e. The Labute approximate surface area is 149 Å². The maximum atomic E-state index is 13.1. The summed E-state index contributed by atoms with van der Waals surface area (Å²) in [6.07, 6.45) is 2.42. The fourth-order valence-electron chi connectivity index (χ4n) is 3.80. The summed E-state index contributed by atoms with van der Waals surface area (Å²) in [5.41, 5.74) is 0.449. The number of hydrogen-bond donors (Lipinski definition) is 1. The van der Waals surface area contributed by atoms with Crippen LogP contribution in [0.5, 0.6) is 0 Å². The largest absolute Gasteiger partial charge is 0.368 e. The number of rotatable bonds is 4. The van der Waals surface area contributed by atoms with E-state index in [1.54, 1.807) is 7.11 Å². The van der Waals surface area contributed by atoms with Gasteiger partial charge in [0.05, 0.1) is 0 Å². The SMILES string of the molecule is COC1(C(=O)N2CCCN(Cc3ccc(F)cc3)CC2)CCNCC1. The molecule has 0 bridgehead atoms. The maximum absolute atomic E-state index is 13.1. The number of amides is 1. The number of benzene rings is 1. The van der Waals surface area contributed by atoms with Crippen molar-refractivity contribution >= 4 is 5.91 Å². The highest BCUT2D eigenvalue weighted by Crippen LogP contribution is 2.26. The normalized spacial score (nSPS) is 21.8. The topological polar surface area (TPSA) is 44.8 Å². The molecule has 0 spiro atoms. The molecule has 2 saturated heterocycles. The first kappa shape index (κ1) is 18.3. The second-order valence-corrected chi connectivity index (χ2v) is 7.00. The number of halogens is 1. The summed E-state index contributed by atoms with van der Waals surface area (Å²) in [4.78, 5) is 17.4. The Balaban J connectivity index is 1.59. The zero-order valence-electron chi connectivity index (χ0n) is 15.0. The van der Waals surface area contributed by atoms with Gasteiger partial charge in [-0.05, 0) is 50.0 Å². The summed E-state index contributed by atoms with van der Waals surface area (Å²) in [5.74, 6) is -0.0663. The number of methoxy groups -OCH3 is 1. The number of hydrogen-bond acceptors (Lipinski definition) is 4. The summed E-state index contributed by atoms with van der Waals surface area (Å²) in [6, 6.07) is 6.67. The highest BCUT2D eigenvalue weighted by molar-refractivity contribution is 5.85. The molecule has 1 N–H and O–H groups in total. The molecule has 1 amide bonds. The Kier molecular flexibility index (Phi) is 6.04. The lowest BCUT2D eigenvalue weighted by Gasteiger charge is -2.38. The van der Waals surface area contributed by atoms with Crippen LogP contribution >= 0.6 is 0 Å². The van der Waals surface area contributed by atoms with E-state index in [-0.39, 0.29) is 11.7 Å². The number of ether oxygens (including phenoxy) is 1. The van der Waals surface area contributed by atoms with Crippen molar-refractivity contribution in [1.29, 1.82) is 0 Å². The van der Waals surface area contributed by atoms with Gasteiger partial charge in [-0.15, -0.1) is 0 Å². The maximum Gasteiger partial charge on any atom is 0.254 e. The van der Waals surface area contributed by atoms with Crippen LogP contribution in [0.15, 0.2) is 24.3 Å². The van der Waals surface area contributed by atoms with Crippen molar-refractivity contribution < 1.29 is 13.9 Å². The number of carbonyl (C=O) groups excluding carboxylic acids is 1. The molecule has 1 aromatic carbocycles. The number of nitrogens with zero attached hydrogens (tertiary/aromatic N) is 2. The Morgan fingerprint density at radius 2 is 1.88 bits per heavy atom. The van der Waals surface area contributed by atoms with E-state index in [4.69, 9.17) is 4.74 Å². The molecule has 2 fully saturated rings. The predicted molar refractivity (Wildman–Crippen MR) is 94.7 cm³/mol. The Hall–Kier alpha value is -1.50. The van der Waals surface area contributed by atoms with E-state index < -0.39 is 5.60 Å². The second-order valence-electron chi connectivity index (χ2n) is 7.00. The molecule has 0 atom stereocenters. The van der Waals surface area contributed by atoms with Crippen LogP contribution < -0.4 is 5.32 Å². The van der Waals surface area contributed by atoms with Crippen molar-refractivity contribution in [3.8, 4) is 0 Å². The van der Waals surface area contributed by atoms with Crippen LogP contribution in [0.25, 0.3) is 0 Å². The first-order valence-corrected chi connectivity index (χ1v) is 9.15. The van der Waals surface area contributed by atoms with E-state index in [1.165, 1.54) is 12.1 Å². The molecule has 1 aromatic rings. The van der Waals surface area contributed by atoms with Crippen LogP contribution in [0.3, 0.4) is 0 Å². The molecule has 25 heavy (non-hydrogen) atoms. The Bertz CT molecular complexity index is 573. The van der Waals surface area contributed by atoms with Crippen LogP contribution in [-0.2, 0) is 16.1 Å². The molecule has 0 radical (unpaired) electrons. The highest BCUT2D eigenvalue weighted by atomic mass is 19.1. The van der Waals surface area contributed by atoms with Crippen molar-refractivity contribution in [2.24, 2.45) is 0 Å². The standard InChI is InChI=1S/C19H28FN3O2/c1-25-19(7-9-21-10-8-19)18(24)23-12-2-11-22(13-14-23)15-16-3-5-17(20)6-4-16/h3-6,21H,2,7-15H2,1H3. The van der Waals surface area contributed by atoms with Gasteiger partial charge >= 0.3 is 0 Å². The number of nitrogens with one attached hydrogen (secondary N) is 1. The summed E-state index contributed by atoms with van der Waals surface area (Å²) < 4.78 is 18.7. The second kappa shape index (κ2) is 8.25. The lowest BCUT2D eigenvalue weighted by molar-refractivity contribution is -0.158. The lowest BCUT2D eigenvalue weighted by atomic mass is 9.90. The minimum absolute atomic E-state index is 0.139. The molecule has 3 rings (SSSR count). The van der Waals surface area contributed by atoms with Gasteiger partial charge in [-0.1, -0.05) is 12.1 Å². The molecule has 5 nitrogen and oxygen atoms in total. The van der Waals surface area contributed by atoms with Crippen molar-refractivity contribution in [1.82, 2.24) is 15.1 Å². The van der Waals surface area contributed by atoms with Crippen LogP contribution in [-0.4, -0.2) is 67.7 Å². The molecule has 0 saturated carbocycles. The third-order valence-electron chi connectivity index (χ3n) is 5.39. The third kappa shape index (κ3) is 4.37. The Morgan fingerprint density at radius 3 is 2.56 bits per heavy atom. The van der Waals surface area contributed by atoms with Gasteiger partial charge in [0.25, 0.3) is 5.91 Å². The van der Waals surface area contributed by atoms with Gasteiger partial charge in [-0.2, -0.15) is 0 Å². The molecule has 0 aromatic heterocycles. The zero-order valence-corrected chi connectivity index (χ0v) is 15.0. The highest BCUT2D eigenvalue weighted by Gasteiger charge is 2.42. The summed E-state index contributed by atoms with van der Waals surface area (Å²) in [7, 11) is 1.65. The van der Waals surface area contributed by atoms with Crippen molar-refractivity contribution in [3.05, 3.63) is 35.6 Å². The van der Waals surface area contributed by atoms with Crippen LogP contribution in [0, 0.1) is 5.82 Å². The summed E-state index contributed by atoms with van der Waals surface area (Å²) >= 11 is 0. The Morgan fingerprint density at radius 1 is 1.16 bits per heavy atom. The van der Waals surface area contributed by atoms with E-state index in [9.17, 15) is 9.18 Å². The van der Waals surface area contributed by atoms with Crippen molar-refractivity contribution in [2.45, 2.75) is 31.4 Å². The minimum Gasteiger partial charge on any atom is -0.368 e. The number of piperidine rings is 1. The van der Waals surface area contributed by atoms with Gasteiger partial charge in [-0.25, -0.2) is 4.39 Å². The van der Waals surface area contributed by atoms with Crippen LogP contribution in [0.4, 0.5) is 4.39 Å². The van der Waals surface area contributed by atoms with E-state index >= 15 is 0 Å². The van der Waals surface area contributed by atoms with Crippen molar-refractivity contribution in [2.75, 3.05) is 46.4 Å². The minimum atomic E-state index is -0.655. The van der Waals surface area contributed by atoms with Gasteiger partial charge in [0, 0.05) is 39.8 Å². The van der Waals surface area contributed by atoms with Crippen LogP contribution in [0.2, 0.25) is 0 Å². The first-order chi connectivity index (χ1) is 12.1. The quantitative estimate of drug-likeness (QED) is 0.897. The summed E-state index contributed by atoms with van der Waals surface area (Å²) in [6.45, 7) is 5.72. The molecule has 0 aliphatic carbocycles. The molecule has 2 aliphatic heterocycles. The predicted octanol–water partition coefficient (Wildman–Crippen LogP) is 1.63.